The molecule has 134 valence electrons. The standard InChI is InChI=1S/C17H19ClN2O5/c18-13-3-7-15(8-4-13)25-10-9-19-16(11-21)17(22)12-1-5-14(6-2-12)20(23)24/h1-8,16-17,19,21-22H,9-11H2/t16-,17+/m1/s1. The van der Waals surface area contributed by atoms with Crippen molar-refractivity contribution in [3.8, 4) is 5.75 Å². The molecule has 25 heavy (non-hydrogen) atoms. The van der Waals surface area contributed by atoms with E-state index in [1.807, 2.05) is 0 Å². The number of non-ortho nitro benzene ring substituents is 1. The molecule has 0 aromatic heterocycles. The second kappa shape index (κ2) is 9.33. The van der Waals surface area contributed by atoms with E-state index >= 15 is 0 Å². The van der Waals surface area contributed by atoms with E-state index in [1.165, 1.54) is 24.3 Å². The number of nitro groups is 1. The zero-order chi connectivity index (χ0) is 18.2. The van der Waals surface area contributed by atoms with Crippen LogP contribution in [-0.4, -0.2) is 40.9 Å². The molecule has 0 saturated carbocycles. The van der Waals surface area contributed by atoms with E-state index < -0.39 is 17.1 Å². The Kier molecular flexibility index (Phi) is 7.15. The molecule has 0 fully saturated rings. The number of nitrogens with one attached hydrogen (secondary N) is 1. The summed E-state index contributed by atoms with van der Waals surface area (Å²) in [7, 11) is 0. The van der Waals surface area contributed by atoms with Gasteiger partial charge in [-0.15, -0.1) is 0 Å². The number of ether oxygens (including phenoxy) is 1. The minimum absolute atomic E-state index is 0.0548. The predicted octanol–water partition coefficient (Wildman–Crippen LogP) is 2.31. The van der Waals surface area contributed by atoms with Crippen LogP contribution in [0.3, 0.4) is 0 Å². The molecule has 0 aliphatic heterocycles. The molecule has 3 N–H and O–H groups in total. The van der Waals surface area contributed by atoms with Crippen LogP contribution in [0, 0.1) is 10.1 Å². The lowest BCUT2D eigenvalue weighted by Crippen LogP contribution is -2.40. The molecule has 0 unspecified atom stereocenters. The van der Waals surface area contributed by atoms with E-state index in [1.54, 1.807) is 24.3 Å². The number of rotatable bonds is 9. The molecular weight excluding hydrogens is 348 g/mol. The summed E-state index contributed by atoms with van der Waals surface area (Å²) in [5.41, 5.74) is 0.427. The van der Waals surface area contributed by atoms with Crippen molar-refractivity contribution in [1.29, 1.82) is 0 Å². The first-order chi connectivity index (χ1) is 12.0. The molecule has 0 heterocycles. The Morgan fingerprint density at radius 3 is 2.36 bits per heavy atom. The van der Waals surface area contributed by atoms with Crippen LogP contribution in [-0.2, 0) is 0 Å². The summed E-state index contributed by atoms with van der Waals surface area (Å²) in [6, 6.07) is 11.9. The minimum atomic E-state index is -0.999. The molecule has 0 amide bonds. The van der Waals surface area contributed by atoms with Crippen LogP contribution in [0.15, 0.2) is 48.5 Å². The van der Waals surface area contributed by atoms with E-state index in [9.17, 15) is 20.3 Å². The van der Waals surface area contributed by atoms with Crippen LogP contribution < -0.4 is 10.1 Å². The third-order valence-corrected chi connectivity index (χ3v) is 3.87. The van der Waals surface area contributed by atoms with E-state index in [0.717, 1.165) is 0 Å². The number of halogens is 1. The van der Waals surface area contributed by atoms with E-state index in [4.69, 9.17) is 16.3 Å². The molecule has 0 spiro atoms. The van der Waals surface area contributed by atoms with Crippen molar-refractivity contribution in [3.63, 3.8) is 0 Å². The third-order valence-electron chi connectivity index (χ3n) is 3.61. The Morgan fingerprint density at radius 1 is 1.16 bits per heavy atom. The maximum Gasteiger partial charge on any atom is 0.269 e. The van der Waals surface area contributed by atoms with Gasteiger partial charge in [-0.2, -0.15) is 0 Å². The summed E-state index contributed by atoms with van der Waals surface area (Å²) in [5.74, 6) is 0.669. The molecule has 0 aliphatic rings. The van der Waals surface area contributed by atoms with E-state index in [0.29, 0.717) is 29.5 Å². The summed E-state index contributed by atoms with van der Waals surface area (Å²) in [6.07, 6.45) is -0.999. The average molecular weight is 367 g/mol. The Bertz CT molecular complexity index is 678. The maximum atomic E-state index is 10.7. The number of aliphatic hydroxyl groups excluding tert-OH is 2. The minimum Gasteiger partial charge on any atom is -0.492 e. The summed E-state index contributed by atoms with van der Waals surface area (Å²) < 4.78 is 5.52. The highest BCUT2D eigenvalue weighted by molar-refractivity contribution is 6.30. The first kappa shape index (κ1) is 19.1. The fourth-order valence-electron chi connectivity index (χ4n) is 2.25. The Morgan fingerprint density at radius 2 is 1.80 bits per heavy atom. The highest BCUT2D eigenvalue weighted by Crippen LogP contribution is 2.20. The second-order valence-electron chi connectivity index (χ2n) is 5.34. The molecule has 2 aromatic rings. The predicted molar refractivity (Wildman–Crippen MR) is 93.9 cm³/mol. The van der Waals surface area contributed by atoms with Crippen molar-refractivity contribution < 1.29 is 19.9 Å². The fraction of sp³-hybridized carbons (Fsp3) is 0.294. The number of nitro benzene ring substituents is 1. The number of benzene rings is 2. The smallest absolute Gasteiger partial charge is 0.269 e. The molecule has 2 rings (SSSR count). The molecule has 2 atom stereocenters. The van der Waals surface area contributed by atoms with Gasteiger partial charge in [-0.25, -0.2) is 0 Å². The normalized spacial score (nSPS) is 13.2. The Labute approximate surface area is 150 Å². The SMILES string of the molecule is O=[N+]([O-])c1ccc([C@H](O)[C@@H](CO)NCCOc2ccc(Cl)cc2)cc1. The number of hydrogen-bond acceptors (Lipinski definition) is 6. The van der Waals surface area contributed by atoms with Gasteiger partial charge in [0, 0.05) is 23.7 Å². The third kappa shape index (κ3) is 5.68. The van der Waals surface area contributed by atoms with Crippen molar-refractivity contribution in [2.75, 3.05) is 19.8 Å². The first-order valence-electron chi connectivity index (χ1n) is 7.66. The first-order valence-corrected chi connectivity index (χ1v) is 8.04. The Hall–Kier alpha value is -2.19. The van der Waals surface area contributed by atoms with Crippen molar-refractivity contribution in [1.82, 2.24) is 5.32 Å². The van der Waals surface area contributed by atoms with Crippen LogP contribution in [0.2, 0.25) is 5.02 Å². The highest BCUT2D eigenvalue weighted by Gasteiger charge is 2.20. The zero-order valence-electron chi connectivity index (χ0n) is 13.3. The summed E-state index contributed by atoms with van der Waals surface area (Å²) >= 11 is 5.79. The van der Waals surface area contributed by atoms with Gasteiger partial charge in [-0.05, 0) is 42.0 Å². The van der Waals surface area contributed by atoms with Gasteiger partial charge in [-0.1, -0.05) is 11.6 Å². The van der Waals surface area contributed by atoms with Crippen molar-refractivity contribution in [3.05, 3.63) is 69.2 Å². The molecule has 0 radical (unpaired) electrons. The van der Waals surface area contributed by atoms with Crippen molar-refractivity contribution >= 4 is 17.3 Å². The van der Waals surface area contributed by atoms with Crippen LogP contribution in [0.25, 0.3) is 0 Å². The molecule has 2 aromatic carbocycles. The number of aliphatic hydroxyl groups is 2. The topological polar surface area (TPSA) is 105 Å². The van der Waals surface area contributed by atoms with Crippen molar-refractivity contribution in [2.24, 2.45) is 0 Å². The molecule has 7 nitrogen and oxygen atoms in total. The van der Waals surface area contributed by atoms with Crippen LogP contribution in [0.4, 0.5) is 5.69 Å². The van der Waals surface area contributed by atoms with Gasteiger partial charge in [0.05, 0.1) is 23.7 Å². The summed E-state index contributed by atoms with van der Waals surface area (Å²) in [5, 5.41) is 34.0. The summed E-state index contributed by atoms with van der Waals surface area (Å²) in [4.78, 5) is 10.1. The van der Waals surface area contributed by atoms with Gasteiger partial charge < -0.3 is 20.3 Å². The molecular formula is C17H19ClN2O5. The molecule has 8 heteroatoms. The van der Waals surface area contributed by atoms with E-state index in [2.05, 4.69) is 5.32 Å². The van der Waals surface area contributed by atoms with Crippen molar-refractivity contribution in [2.45, 2.75) is 12.1 Å². The lowest BCUT2D eigenvalue weighted by Gasteiger charge is -2.22. The van der Waals surface area contributed by atoms with Gasteiger partial charge in [0.15, 0.2) is 0 Å². The van der Waals surface area contributed by atoms with E-state index in [-0.39, 0.29) is 12.3 Å². The lowest BCUT2D eigenvalue weighted by molar-refractivity contribution is -0.384. The van der Waals surface area contributed by atoms with Gasteiger partial charge in [0.2, 0.25) is 0 Å². The summed E-state index contributed by atoms with van der Waals surface area (Å²) in [6.45, 7) is 0.447. The maximum absolute atomic E-state index is 10.7. The van der Waals surface area contributed by atoms with Gasteiger partial charge in [0.1, 0.15) is 12.4 Å². The molecule has 0 saturated heterocycles. The van der Waals surface area contributed by atoms with Gasteiger partial charge in [0.25, 0.3) is 5.69 Å². The quantitative estimate of drug-likeness (QED) is 0.357. The molecule has 0 aliphatic carbocycles. The monoisotopic (exact) mass is 366 g/mol. The van der Waals surface area contributed by atoms with Crippen LogP contribution >= 0.6 is 11.6 Å². The van der Waals surface area contributed by atoms with Crippen LogP contribution in [0.1, 0.15) is 11.7 Å². The molecule has 0 bridgehead atoms. The van der Waals surface area contributed by atoms with Gasteiger partial charge >= 0.3 is 0 Å². The number of hydrogen-bond donors (Lipinski definition) is 3. The number of nitrogens with zero attached hydrogens (tertiary/aromatic N) is 1. The second-order valence-corrected chi connectivity index (χ2v) is 5.78. The van der Waals surface area contributed by atoms with Crippen LogP contribution in [0.5, 0.6) is 5.75 Å². The highest BCUT2D eigenvalue weighted by atomic mass is 35.5. The average Bonchev–Trinajstić information content (AvgIpc) is 2.63. The zero-order valence-corrected chi connectivity index (χ0v) is 14.1. The fourth-order valence-corrected chi connectivity index (χ4v) is 2.37. The lowest BCUT2D eigenvalue weighted by atomic mass is 10.0. The largest absolute Gasteiger partial charge is 0.492 e. The Balaban J connectivity index is 1.84. The van der Waals surface area contributed by atoms with Gasteiger partial charge in [-0.3, -0.25) is 10.1 Å².